The highest BCUT2D eigenvalue weighted by molar-refractivity contribution is 6.13. The summed E-state index contributed by atoms with van der Waals surface area (Å²) in [5.74, 6) is 1.44. The highest BCUT2D eigenvalue weighted by Gasteiger charge is 2.07. The maximum absolute atomic E-state index is 2.28. The minimum absolute atomic E-state index is 0.715. The van der Waals surface area contributed by atoms with Crippen LogP contribution in [0.15, 0.2) is 11.1 Å². The van der Waals surface area contributed by atoms with E-state index in [1.54, 1.807) is 11.1 Å². The van der Waals surface area contributed by atoms with Gasteiger partial charge in [0.1, 0.15) is 7.85 Å². The predicted molar refractivity (Wildman–Crippen MR) is 55.8 cm³/mol. The van der Waals surface area contributed by atoms with E-state index >= 15 is 0 Å². The Morgan fingerprint density at radius 1 is 1.27 bits per heavy atom. The molecule has 1 heteroatoms. The standard InChI is InChI=1S/C10H21B/c1-6-10(7(2)3)8(4)9(5)11/h7,9H,6,11H2,1-5H3/b10-8+. The van der Waals surface area contributed by atoms with Gasteiger partial charge in [-0.1, -0.05) is 44.7 Å². The molecule has 0 fully saturated rings. The summed E-state index contributed by atoms with van der Waals surface area (Å²) in [6, 6.07) is 0. The average Bonchev–Trinajstić information content (AvgIpc) is 1.88. The van der Waals surface area contributed by atoms with Gasteiger partial charge in [-0.2, -0.15) is 0 Å². The van der Waals surface area contributed by atoms with Crippen molar-refractivity contribution in [2.24, 2.45) is 5.92 Å². The van der Waals surface area contributed by atoms with Gasteiger partial charge >= 0.3 is 0 Å². The van der Waals surface area contributed by atoms with Crippen LogP contribution in [0.4, 0.5) is 0 Å². The highest BCUT2D eigenvalue weighted by Crippen LogP contribution is 2.24. The Labute approximate surface area is 72.5 Å². The Bertz CT molecular complexity index is 143. The Hall–Kier alpha value is -0.195. The van der Waals surface area contributed by atoms with Gasteiger partial charge in [-0.05, 0) is 19.3 Å². The van der Waals surface area contributed by atoms with Crippen LogP contribution in [0.1, 0.15) is 41.0 Å². The fourth-order valence-corrected chi connectivity index (χ4v) is 1.51. The van der Waals surface area contributed by atoms with Gasteiger partial charge in [-0.3, -0.25) is 0 Å². The molecule has 0 aliphatic carbocycles. The SMILES string of the molecule is BC(C)/C(C)=C(\CC)C(C)C. The van der Waals surface area contributed by atoms with Crippen molar-refractivity contribution < 1.29 is 0 Å². The second-order valence-electron chi connectivity index (χ2n) is 3.87. The predicted octanol–water partition coefficient (Wildman–Crippen LogP) is 2.81. The molecule has 0 heterocycles. The molecule has 0 bridgehead atoms. The van der Waals surface area contributed by atoms with Crippen molar-refractivity contribution in [2.75, 3.05) is 0 Å². The van der Waals surface area contributed by atoms with Crippen LogP contribution in [-0.2, 0) is 0 Å². The van der Waals surface area contributed by atoms with Gasteiger partial charge in [0.15, 0.2) is 0 Å². The minimum atomic E-state index is 0.715. The molecule has 11 heavy (non-hydrogen) atoms. The van der Waals surface area contributed by atoms with Crippen molar-refractivity contribution in [1.82, 2.24) is 0 Å². The van der Waals surface area contributed by atoms with E-state index < -0.39 is 0 Å². The van der Waals surface area contributed by atoms with Gasteiger partial charge in [0, 0.05) is 0 Å². The summed E-state index contributed by atoms with van der Waals surface area (Å²) in [6.07, 6.45) is 1.21. The third-order valence-corrected chi connectivity index (χ3v) is 2.45. The van der Waals surface area contributed by atoms with E-state index in [0.717, 1.165) is 5.92 Å². The quantitative estimate of drug-likeness (QED) is 0.431. The lowest BCUT2D eigenvalue weighted by molar-refractivity contribution is 0.711. The molecule has 0 nitrogen and oxygen atoms in total. The van der Waals surface area contributed by atoms with Gasteiger partial charge < -0.3 is 0 Å². The summed E-state index contributed by atoms with van der Waals surface area (Å²) in [4.78, 5) is 0. The first-order valence-electron chi connectivity index (χ1n) is 4.70. The molecular formula is C10H21B. The Morgan fingerprint density at radius 3 is 1.82 bits per heavy atom. The van der Waals surface area contributed by atoms with E-state index in [-0.39, 0.29) is 0 Å². The molecule has 1 unspecified atom stereocenters. The van der Waals surface area contributed by atoms with Crippen molar-refractivity contribution in [2.45, 2.75) is 46.9 Å². The third kappa shape index (κ3) is 3.13. The van der Waals surface area contributed by atoms with E-state index in [1.165, 1.54) is 6.42 Å². The molecule has 0 aromatic heterocycles. The second-order valence-corrected chi connectivity index (χ2v) is 3.87. The molecule has 0 aliphatic heterocycles. The Morgan fingerprint density at radius 2 is 1.73 bits per heavy atom. The van der Waals surface area contributed by atoms with E-state index in [1.807, 2.05) is 0 Å². The van der Waals surface area contributed by atoms with Crippen LogP contribution in [-0.4, -0.2) is 7.85 Å². The molecular weight excluding hydrogens is 131 g/mol. The molecule has 0 rings (SSSR count). The van der Waals surface area contributed by atoms with Gasteiger partial charge in [0.25, 0.3) is 0 Å². The lowest BCUT2D eigenvalue weighted by atomic mass is 9.78. The molecule has 0 saturated heterocycles. The van der Waals surface area contributed by atoms with Crippen molar-refractivity contribution in [1.29, 1.82) is 0 Å². The lowest BCUT2D eigenvalue weighted by Crippen LogP contribution is -2.00. The first kappa shape index (κ1) is 10.8. The van der Waals surface area contributed by atoms with Crippen LogP contribution in [0, 0.1) is 5.92 Å². The normalized spacial score (nSPS) is 16.5. The largest absolute Gasteiger partial charge is 0.110 e. The maximum Gasteiger partial charge on any atom is 0.110 e. The monoisotopic (exact) mass is 152 g/mol. The first-order chi connectivity index (χ1) is 5.00. The number of allylic oxidation sites excluding steroid dienone is 2. The van der Waals surface area contributed by atoms with Crippen LogP contribution in [0.25, 0.3) is 0 Å². The molecule has 0 N–H and O–H groups in total. The zero-order chi connectivity index (χ0) is 9.02. The van der Waals surface area contributed by atoms with Crippen LogP contribution in [0.3, 0.4) is 0 Å². The molecule has 0 aromatic carbocycles. The summed E-state index contributed by atoms with van der Waals surface area (Å²) >= 11 is 0. The van der Waals surface area contributed by atoms with Gasteiger partial charge in [0.2, 0.25) is 0 Å². The molecule has 0 radical (unpaired) electrons. The average molecular weight is 152 g/mol. The second kappa shape index (κ2) is 4.64. The fraction of sp³-hybridized carbons (Fsp3) is 0.800. The van der Waals surface area contributed by atoms with E-state index in [9.17, 15) is 0 Å². The summed E-state index contributed by atoms with van der Waals surface area (Å²) in [7, 11) is 2.27. The summed E-state index contributed by atoms with van der Waals surface area (Å²) < 4.78 is 0. The molecule has 0 saturated carbocycles. The van der Waals surface area contributed by atoms with E-state index in [4.69, 9.17) is 0 Å². The molecule has 0 spiro atoms. The molecule has 64 valence electrons. The van der Waals surface area contributed by atoms with Crippen LogP contribution < -0.4 is 0 Å². The maximum atomic E-state index is 2.28. The summed E-state index contributed by atoms with van der Waals surface area (Å²) in [5, 5.41) is 0. The number of rotatable bonds is 3. The van der Waals surface area contributed by atoms with Crippen LogP contribution in [0.5, 0.6) is 0 Å². The molecule has 1 atom stereocenters. The zero-order valence-corrected chi connectivity index (χ0v) is 8.86. The molecule has 0 amide bonds. The highest BCUT2D eigenvalue weighted by atomic mass is 14.1. The van der Waals surface area contributed by atoms with Crippen molar-refractivity contribution >= 4 is 7.85 Å². The number of hydrogen-bond acceptors (Lipinski definition) is 0. The fourth-order valence-electron chi connectivity index (χ4n) is 1.51. The van der Waals surface area contributed by atoms with Gasteiger partial charge in [-0.25, -0.2) is 0 Å². The van der Waals surface area contributed by atoms with Crippen LogP contribution in [0.2, 0.25) is 5.82 Å². The number of hydrogen-bond donors (Lipinski definition) is 0. The van der Waals surface area contributed by atoms with Crippen molar-refractivity contribution in [3.63, 3.8) is 0 Å². The summed E-state index contributed by atoms with van der Waals surface area (Å²) in [5.41, 5.74) is 3.22. The summed E-state index contributed by atoms with van der Waals surface area (Å²) in [6.45, 7) is 11.4. The molecule has 0 aromatic rings. The first-order valence-corrected chi connectivity index (χ1v) is 4.70. The Kier molecular flexibility index (Phi) is 4.55. The topological polar surface area (TPSA) is 0 Å². The Balaban J connectivity index is 4.54. The van der Waals surface area contributed by atoms with Crippen LogP contribution >= 0.6 is 0 Å². The minimum Gasteiger partial charge on any atom is -0.0790 e. The van der Waals surface area contributed by atoms with Gasteiger partial charge in [-0.15, -0.1) is 0 Å². The van der Waals surface area contributed by atoms with Crippen molar-refractivity contribution in [3.8, 4) is 0 Å². The van der Waals surface area contributed by atoms with E-state index in [2.05, 4.69) is 42.5 Å². The third-order valence-electron chi connectivity index (χ3n) is 2.45. The zero-order valence-electron chi connectivity index (χ0n) is 8.86. The van der Waals surface area contributed by atoms with Gasteiger partial charge in [0.05, 0.1) is 0 Å². The lowest BCUT2D eigenvalue weighted by Gasteiger charge is -2.16. The van der Waals surface area contributed by atoms with Crippen molar-refractivity contribution in [3.05, 3.63) is 11.1 Å². The molecule has 0 aliphatic rings. The smallest absolute Gasteiger partial charge is 0.0790 e. The van der Waals surface area contributed by atoms with E-state index in [0.29, 0.717) is 5.82 Å².